The fourth-order valence-electron chi connectivity index (χ4n) is 1.69. The predicted molar refractivity (Wildman–Crippen MR) is 59.0 cm³/mol. The van der Waals surface area contributed by atoms with Crippen LogP contribution >= 0.6 is 0 Å². The predicted octanol–water partition coefficient (Wildman–Crippen LogP) is 0.0135. The minimum absolute atomic E-state index is 0.290. The van der Waals surface area contributed by atoms with Crippen molar-refractivity contribution in [2.75, 3.05) is 18.4 Å². The molecule has 0 bridgehead atoms. The molecule has 5 heteroatoms. The van der Waals surface area contributed by atoms with E-state index in [1.807, 2.05) is 0 Å². The fourth-order valence-corrected chi connectivity index (χ4v) is 1.69. The second-order valence-corrected chi connectivity index (χ2v) is 3.44. The van der Waals surface area contributed by atoms with E-state index in [-0.39, 0.29) is 5.69 Å². The summed E-state index contributed by atoms with van der Waals surface area (Å²) in [6, 6.07) is 0. The van der Waals surface area contributed by atoms with Gasteiger partial charge in [-0.25, -0.2) is 4.79 Å². The number of fused-ring (bicyclic) bond motifs is 1. The standard InChI is InChI=1S/C10H14N4O/c1-2-4-12-9-7-6-11-5-3-8(7)13-10(15)14-9/h2,11H,1,3-6H2,(H2,12,13,14,15). The third-order valence-corrected chi connectivity index (χ3v) is 2.39. The third-order valence-electron chi connectivity index (χ3n) is 2.39. The van der Waals surface area contributed by atoms with Gasteiger partial charge in [0.25, 0.3) is 0 Å². The van der Waals surface area contributed by atoms with E-state index < -0.39 is 0 Å². The molecule has 0 aromatic carbocycles. The van der Waals surface area contributed by atoms with Crippen molar-refractivity contribution in [1.82, 2.24) is 15.3 Å². The number of H-pyrrole nitrogens is 1. The molecule has 0 fully saturated rings. The number of nitrogens with zero attached hydrogens (tertiary/aromatic N) is 1. The molecule has 1 aliphatic heterocycles. The molecule has 2 rings (SSSR count). The second-order valence-electron chi connectivity index (χ2n) is 3.44. The van der Waals surface area contributed by atoms with Crippen LogP contribution in [0.1, 0.15) is 11.3 Å². The molecular weight excluding hydrogens is 192 g/mol. The molecule has 3 N–H and O–H groups in total. The minimum atomic E-state index is -0.290. The Balaban J connectivity index is 2.38. The molecule has 1 aromatic rings. The highest BCUT2D eigenvalue weighted by Crippen LogP contribution is 2.16. The average Bonchev–Trinajstić information content (AvgIpc) is 2.25. The van der Waals surface area contributed by atoms with Gasteiger partial charge in [0.05, 0.1) is 0 Å². The van der Waals surface area contributed by atoms with Crippen LogP contribution in [0.25, 0.3) is 0 Å². The van der Waals surface area contributed by atoms with Crippen molar-refractivity contribution < 1.29 is 0 Å². The van der Waals surface area contributed by atoms with Crippen LogP contribution in [0.15, 0.2) is 17.4 Å². The first kappa shape index (κ1) is 9.92. The zero-order valence-electron chi connectivity index (χ0n) is 8.47. The lowest BCUT2D eigenvalue weighted by molar-refractivity contribution is 0.624. The van der Waals surface area contributed by atoms with Crippen molar-refractivity contribution in [3.8, 4) is 0 Å². The van der Waals surface area contributed by atoms with Crippen LogP contribution in [-0.4, -0.2) is 23.1 Å². The van der Waals surface area contributed by atoms with Crippen LogP contribution in [0.2, 0.25) is 0 Å². The van der Waals surface area contributed by atoms with Gasteiger partial charge in [0.15, 0.2) is 0 Å². The van der Waals surface area contributed by atoms with E-state index in [0.29, 0.717) is 12.4 Å². The summed E-state index contributed by atoms with van der Waals surface area (Å²) >= 11 is 0. The summed E-state index contributed by atoms with van der Waals surface area (Å²) in [5.41, 5.74) is 1.75. The van der Waals surface area contributed by atoms with Crippen molar-refractivity contribution in [2.45, 2.75) is 13.0 Å². The molecule has 0 saturated heterocycles. The maximum absolute atomic E-state index is 11.3. The topological polar surface area (TPSA) is 69.8 Å². The van der Waals surface area contributed by atoms with Crippen LogP contribution in [0, 0.1) is 0 Å². The van der Waals surface area contributed by atoms with E-state index in [4.69, 9.17) is 0 Å². The molecule has 0 radical (unpaired) electrons. The van der Waals surface area contributed by atoms with E-state index >= 15 is 0 Å². The van der Waals surface area contributed by atoms with Gasteiger partial charge < -0.3 is 15.6 Å². The Labute approximate surface area is 87.6 Å². The van der Waals surface area contributed by atoms with Gasteiger partial charge in [0, 0.05) is 37.3 Å². The van der Waals surface area contributed by atoms with Crippen molar-refractivity contribution in [3.63, 3.8) is 0 Å². The highest BCUT2D eigenvalue weighted by atomic mass is 16.1. The number of rotatable bonds is 3. The van der Waals surface area contributed by atoms with E-state index in [1.165, 1.54) is 0 Å². The number of aromatic nitrogens is 2. The van der Waals surface area contributed by atoms with Crippen LogP contribution in [0.4, 0.5) is 5.82 Å². The number of aromatic amines is 1. The van der Waals surface area contributed by atoms with Gasteiger partial charge in [0.2, 0.25) is 0 Å². The molecule has 0 atom stereocenters. The summed E-state index contributed by atoms with van der Waals surface area (Å²) in [7, 11) is 0. The first-order chi connectivity index (χ1) is 7.31. The monoisotopic (exact) mass is 206 g/mol. The maximum Gasteiger partial charge on any atom is 0.347 e. The smallest absolute Gasteiger partial charge is 0.347 e. The van der Waals surface area contributed by atoms with Crippen LogP contribution < -0.4 is 16.3 Å². The molecule has 0 unspecified atom stereocenters. The molecule has 80 valence electrons. The van der Waals surface area contributed by atoms with Gasteiger partial charge in [-0.1, -0.05) is 6.08 Å². The van der Waals surface area contributed by atoms with Gasteiger partial charge in [-0.2, -0.15) is 4.98 Å². The number of anilines is 1. The van der Waals surface area contributed by atoms with Gasteiger partial charge in [-0.05, 0) is 0 Å². The molecular formula is C10H14N4O. The summed E-state index contributed by atoms with van der Waals surface area (Å²) in [6.45, 7) is 5.88. The molecule has 5 nitrogen and oxygen atoms in total. The van der Waals surface area contributed by atoms with Crippen molar-refractivity contribution >= 4 is 5.82 Å². The molecule has 0 amide bonds. The normalized spacial score (nSPS) is 14.4. The van der Waals surface area contributed by atoms with Gasteiger partial charge in [-0.3, -0.25) is 0 Å². The van der Waals surface area contributed by atoms with Crippen molar-refractivity contribution in [2.24, 2.45) is 0 Å². The van der Waals surface area contributed by atoms with Gasteiger partial charge >= 0.3 is 5.69 Å². The third kappa shape index (κ3) is 2.07. The number of hydrogen-bond donors (Lipinski definition) is 3. The van der Waals surface area contributed by atoms with Crippen LogP contribution in [0.3, 0.4) is 0 Å². The lowest BCUT2D eigenvalue weighted by Crippen LogP contribution is -2.30. The average molecular weight is 206 g/mol. The Morgan fingerprint density at radius 1 is 1.60 bits per heavy atom. The van der Waals surface area contributed by atoms with Crippen molar-refractivity contribution in [3.05, 3.63) is 34.4 Å². The molecule has 1 aliphatic rings. The summed E-state index contributed by atoms with van der Waals surface area (Å²) in [4.78, 5) is 18.0. The van der Waals surface area contributed by atoms with E-state index in [0.717, 1.165) is 30.8 Å². The lowest BCUT2D eigenvalue weighted by Gasteiger charge is -2.19. The van der Waals surface area contributed by atoms with Crippen LogP contribution in [-0.2, 0) is 13.0 Å². The zero-order chi connectivity index (χ0) is 10.7. The molecule has 15 heavy (non-hydrogen) atoms. The van der Waals surface area contributed by atoms with Gasteiger partial charge in [-0.15, -0.1) is 6.58 Å². The second kappa shape index (κ2) is 4.27. The van der Waals surface area contributed by atoms with Gasteiger partial charge in [0.1, 0.15) is 5.82 Å². The Kier molecular flexibility index (Phi) is 2.82. The highest BCUT2D eigenvalue weighted by Gasteiger charge is 2.14. The minimum Gasteiger partial charge on any atom is -0.366 e. The molecule has 0 aliphatic carbocycles. The van der Waals surface area contributed by atoms with E-state index in [1.54, 1.807) is 6.08 Å². The largest absolute Gasteiger partial charge is 0.366 e. The Morgan fingerprint density at radius 2 is 2.47 bits per heavy atom. The quantitative estimate of drug-likeness (QED) is 0.609. The number of hydrogen-bond acceptors (Lipinski definition) is 4. The summed E-state index contributed by atoms with van der Waals surface area (Å²) in [6.07, 6.45) is 2.58. The maximum atomic E-state index is 11.3. The fraction of sp³-hybridized carbons (Fsp3) is 0.400. The summed E-state index contributed by atoms with van der Waals surface area (Å²) in [5.74, 6) is 0.667. The van der Waals surface area contributed by atoms with Crippen LogP contribution in [0.5, 0.6) is 0 Å². The molecule has 0 saturated carbocycles. The van der Waals surface area contributed by atoms with E-state index in [2.05, 4.69) is 27.2 Å². The first-order valence-electron chi connectivity index (χ1n) is 4.99. The Hall–Kier alpha value is -1.62. The lowest BCUT2D eigenvalue weighted by atomic mass is 10.1. The molecule has 2 heterocycles. The molecule has 1 aromatic heterocycles. The first-order valence-corrected chi connectivity index (χ1v) is 4.99. The zero-order valence-corrected chi connectivity index (χ0v) is 8.47. The Bertz CT molecular complexity index is 424. The summed E-state index contributed by atoms with van der Waals surface area (Å²) in [5, 5.41) is 6.32. The Morgan fingerprint density at radius 3 is 3.27 bits per heavy atom. The summed E-state index contributed by atoms with van der Waals surface area (Å²) < 4.78 is 0. The number of nitrogens with one attached hydrogen (secondary N) is 3. The SMILES string of the molecule is C=CCNc1nc(=O)[nH]c2c1CNCC2. The van der Waals surface area contributed by atoms with E-state index in [9.17, 15) is 4.79 Å². The van der Waals surface area contributed by atoms with Crippen molar-refractivity contribution in [1.29, 1.82) is 0 Å². The highest BCUT2D eigenvalue weighted by molar-refractivity contribution is 5.47. The molecule has 0 spiro atoms.